The minimum Gasteiger partial charge on any atom is -0.338 e. The lowest BCUT2D eigenvalue weighted by Crippen LogP contribution is -2.40. The highest BCUT2D eigenvalue weighted by atomic mass is 19.1. The van der Waals surface area contributed by atoms with E-state index in [1.165, 1.54) is 22.9 Å². The molecule has 132 valence electrons. The summed E-state index contributed by atoms with van der Waals surface area (Å²) in [5, 5.41) is 4.42. The van der Waals surface area contributed by atoms with E-state index < -0.39 is 0 Å². The highest BCUT2D eigenvalue weighted by Gasteiger charge is 2.28. The fourth-order valence-electron chi connectivity index (χ4n) is 3.27. The Hall–Kier alpha value is -2.50. The Balaban J connectivity index is 1.82. The van der Waals surface area contributed by atoms with Crippen LogP contribution in [0, 0.1) is 5.82 Å². The Labute approximate surface area is 146 Å². The van der Waals surface area contributed by atoms with Gasteiger partial charge in [0.05, 0.1) is 18.3 Å². The number of carbonyl (C=O) groups is 1. The van der Waals surface area contributed by atoms with Crippen molar-refractivity contribution in [3.8, 4) is 11.3 Å². The Morgan fingerprint density at radius 1 is 1.24 bits per heavy atom. The number of nitrogens with zero attached hydrogens (tertiary/aromatic N) is 3. The van der Waals surface area contributed by atoms with Crippen molar-refractivity contribution in [3.05, 3.63) is 52.6 Å². The molecule has 2 heterocycles. The second kappa shape index (κ2) is 7.59. The van der Waals surface area contributed by atoms with Gasteiger partial charge in [-0.05, 0) is 49.6 Å². The molecule has 1 aliphatic rings. The molecule has 0 unspecified atom stereocenters. The van der Waals surface area contributed by atoms with Gasteiger partial charge in [-0.1, -0.05) is 6.92 Å². The van der Waals surface area contributed by atoms with Gasteiger partial charge in [-0.25, -0.2) is 9.07 Å². The minimum atomic E-state index is -0.312. The number of rotatable bonds is 5. The second-order valence-electron chi connectivity index (χ2n) is 6.38. The summed E-state index contributed by atoms with van der Waals surface area (Å²) >= 11 is 0. The van der Waals surface area contributed by atoms with Gasteiger partial charge in [-0.15, -0.1) is 0 Å². The number of aromatic nitrogens is 2. The molecule has 25 heavy (non-hydrogen) atoms. The third kappa shape index (κ3) is 3.95. The molecule has 6 heteroatoms. The van der Waals surface area contributed by atoms with Gasteiger partial charge < -0.3 is 4.90 Å². The van der Waals surface area contributed by atoms with Crippen molar-refractivity contribution in [1.82, 2.24) is 14.7 Å². The van der Waals surface area contributed by atoms with Crippen LogP contribution in [0.1, 0.15) is 32.6 Å². The highest BCUT2D eigenvalue weighted by Crippen LogP contribution is 2.20. The summed E-state index contributed by atoms with van der Waals surface area (Å²) in [5.74, 6) is -0.166. The van der Waals surface area contributed by atoms with Crippen LogP contribution >= 0.6 is 0 Å². The second-order valence-corrected chi connectivity index (χ2v) is 6.38. The standard InChI is InChI=1S/C19H22FN3O2/c1-2-4-18(24)22-12-3-5-16(22)13-23-19(25)11-10-17(21-23)14-6-8-15(20)9-7-14/h6-11,16H,2-5,12-13H2,1H3/t16-/m0/s1. The average Bonchev–Trinajstić information content (AvgIpc) is 3.06. The third-order valence-electron chi connectivity index (χ3n) is 4.55. The van der Waals surface area contributed by atoms with Crippen LogP contribution in [0.15, 0.2) is 41.2 Å². The van der Waals surface area contributed by atoms with Crippen LogP contribution in [0.5, 0.6) is 0 Å². The van der Waals surface area contributed by atoms with Gasteiger partial charge in [0.15, 0.2) is 0 Å². The maximum absolute atomic E-state index is 13.1. The molecule has 0 saturated carbocycles. The first-order valence-corrected chi connectivity index (χ1v) is 8.72. The number of halogens is 1. The lowest BCUT2D eigenvalue weighted by atomic mass is 10.1. The fraction of sp³-hybridized carbons (Fsp3) is 0.421. The van der Waals surface area contributed by atoms with Gasteiger partial charge in [-0.2, -0.15) is 5.10 Å². The number of benzene rings is 1. The Morgan fingerprint density at radius 2 is 2.00 bits per heavy atom. The van der Waals surface area contributed by atoms with E-state index in [0.717, 1.165) is 31.4 Å². The summed E-state index contributed by atoms with van der Waals surface area (Å²) in [4.78, 5) is 26.3. The zero-order valence-electron chi connectivity index (χ0n) is 14.3. The largest absolute Gasteiger partial charge is 0.338 e. The summed E-state index contributed by atoms with van der Waals surface area (Å²) in [7, 11) is 0. The summed E-state index contributed by atoms with van der Waals surface area (Å²) in [6.45, 7) is 3.13. The van der Waals surface area contributed by atoms with Crippen molar-refractivity contribution in [2.75, 3.05) is 6.54 Å². The average molecular weight is 343 g/mol. The van der Waals surface area contributed by atoms with Gasteiger partial charge in [0.1, 0.15) is 5.82 Å². The summed E-state index contributed by atoms with van der Waals surface area (Å²) in [6.07, 6.45) is 3.19. The Bertz CT molecular complexity index is 801. The normalized spacial score (nSPS) is 17.0. The molecule has 1 aromatic heterocycles. The topological polar surface area (TPSA) is 55.2 Å². The van der Waals surface area contributed by atoms with Crippen molar-refractivity contribution in [2.45, 2.75) is 45.2 Å². The molecule has 0 N–H and O–H groups in total. The van der Waals surface area contributed by atoms with E-state index in [2.05, 4.69) is 5.10 Å². The molecule has 2 aromatic rings. The Kier molecular flexibility index (Phi) is 5.26. The molecule has 1 amide bonds. The summed E-state index contributed by atoms with van der Waals surface area (Å²) in [6, 6.07) is 9.13. The molecule has 5 nitrogen and oxygen atoms in total. The van der Waals surface area contributed by atoms with Gasteiger partial charge in [0.25, 0.3) is 5.56 Å². The van der Waals surface area contributed by atoms with Gasteiger partial charge in [0, 0.05) is 24.6 Å². The van der Waals surface area contributed by atoms with Crippen LogP contribution in [0.3, 0.4) is 0 Å². The summed E-state index contributed by atoms with van der Waals surface area (Å²) in [5.41, 5.74) is 1.17. The highest BCUT2D eigenvalue weighted by molar-refractivity contribution is 5.76. The number of likely N-dealkylation sites (tertiary alicyclic amines) is 1. The van der Waals surface area contributed by atoms with Crippen molar-refractivity contribution in [2.24, 2.45) is 0 Å². The van der Waals surface area contributed by atoms with Crippen LogP contribution < -0.4 is 5.56 Å². The first kappa shape index (κ1) is 17.3. The molecule has 0 bridgehead atoms. The smallest absolute Gasteiger partial charge is 0.266 e. The monoisotopic (exact) mass is 343 g/mol. The fourth-order valence-corrected chi connectivity index (χ4v) is 3.27. The molecule has 0 spiro atoms. The zero-order chi connectivity index (χ0) is 17.8. The first-order valence-electron chi connectivity index (χ1n) is 8.72. The van der Waals surface area contributed by atoms with E-state index >= 15 is 0 Å². The van der Waals surface area contributed by atoms with Crippen molar-refractivity contribution < 1.29 is 9.18 Å². The van der Waals surface area contributed by atoms with Gasteiger partial charge in [0.2, 0.25) is 5.91 Å². The lowest BCUT2D eigenvalue weighted by molar-refractivity contribution is -0.132. The van der Waals surface area contributed by atoms with Crippen molar-refractivity contribution >= 4 is 5.91 Å². The van der Waals surface area contributed by atoms with E-state index in [1.54, 1.807) is 18.2 Å². The predicted molar refractivity (Wildman–Crippen MR) is 93.5 cm³/mol. The molecule has 0 radical (unpaired) electrons. The molecule has 1 aliphatic heterocycles. The number of amides is 1. The van der Waals surface area contributed by atoms with Crippen molar-refractivity contribution in [1.29, 1.82) is 0 Å². The third-order valence-corrected chi connectivity index (χ3v) is 4.55. The molecule has 0 aliphatic carbocycles. The molecule has 1 fully saturated rings. The van der Waals surface area contributed by atoms with Crippen molar-refractivity contribution in [3.63, 3.8) is 0 Å². The maximum atomic E-state index is 13.1. The molecular formula is C19H22FN3O2. The first-order chi connectivity index (χ1) is 12.1. The number of carbonyl (C=O) groups excluding carboxylic acids is 1. The molecule has 1 atom stereocenters. The molecular weight excluding hydrogens is 321 g/mol. The number of hydrogen-bond acceptors (Lipinski definition) is 3. The van der Waals surface area contributed by atoms with E-state index in [9.17, 15) is 14.0 Å². The predicted octanol–water partition coefficient (Wildman–Crippen LogP) is 2.84. The minimum absolute atomic E-state index is 0.00715. The molecule has 1 saturated heterocycles. The lowest BCUT2D eigenvalue weighted by Gasteiger charge is -2.25. The quantitative estimate of drug-likeness (QED) is 0.839. The van der Waals surface area contributed by atoms with Crippen LogP contribution in [0.4, 0.5) is 4.39 Å². The maximum Gasteiger partial charge on any atom is 0.266 e. The number of hydrogen-bond donors (Lipinski definition) is 0. The van der Waals surface area contributed by atoms with Gasteiger partial charge in [-0.3, -0.25) is 9.59 Å². The van der Waals surface area contributed by atoms with E-state index in [0.29, 0.717) is 18.7 Å². The summed E-state index contributed by atoms with van der Waals surface area (Å²) < 4.78 is 14.5. The Morgan fingerprint density at radius 3 is 2.72 bits per heavy atom. The van der Waals surface area contributed by atoms with Gasteiger partial charge >= 0.3 is 0 Å². The van der Waals surface area contributed by atoms with E-state index in [-0.39, 0.29) is 23.3 Å². The SMILES string of the molecule is CCCC(=O)N1CCC[C@H]1Cn1nc(-c2ccc(F)cc2)ccc1=O. The van der Waals surface area contributed by atoms with Crippen LogP contribution in [0.25, 0.3) is 11.3 Å². The molecule has 1 aromatic carbocycles. The van der Waals surface area contributed by atoms with Crippen LogP contribution in [0.2, 0.25) is 0 Å². The van der Waals surface area contributed by atoms with E-state index in [1.807, 2.05) is 11.8 Å². The zero-order valence-corrected chi connectivity index (χ0v) is 14.3. The van der Waals surface area contributed by atoms with Crippen LogP contribution in [-0.2, 0) is 11.3 Å². The van der Waals surface area contributed by atoms with Crippen LogP contribution in [-0.4, -0.2) is 33.2 Å². The molecule has 3 rings (SSSR count). The van der Waals surface area contributed by atoms with E-state index in [4.69, 9.17) is 0 Å².